The molecule has 3 aromatic rings. The quantitative estimate of drug-likeness (QED) is 0.420. The fourth-order valence-corrected chi connectivity index (χ4v) is 2.63. The normalized spacial score (nSPS) is 11.4. The third-order valence-electron chi connectivity index (χ3n) is 4.13. The van der Waals surface area contributed by atoms with Crippen molar-refractivity contribution >= 4 is 11.8 Å². The van der Waals surface area contributed by atoms with Crippen molar-refractivity contribution in [2.45, 2.75) is 6.18 Å². The lowest BCUT2D eigenvalue weighted by Gasteiger charge is -2.12. The number of aliphatic hydroxyl groups is 1. The van der Waals surface area contributed by atoms with E-state index in [2.05, 4.69) is 6.58 Å². The molecule has 6 heteroatoms. The van der Waals surface area contributed by atoms with Crippen LogP contribution >= 0.6 is 0 Å². The van der Waals surface area contributed by atoms with Crippen LogP contribution in [0.25, 0.3) is 11.8 Å². The monoisotopic (exact) mass is 412 g/mol. The minimum atomic E-state index is -4.35. The highest BCUT2D eigenvalue weighted by Gasteiger charge is 2.29. The second-order valence-electron chi connectivity index (χ2n) is 6.36. The van der Waals surface area contributed by atoms with Crippen molar-refractivity contribution in [3.63, 3.8) is 0 Å². The lowest BCUT2D eigenvalue weighted by Crippen LogP contribution is -2.04. The minimum Gasteiger partial charge on any atom is -0.508 e. The average molecular weight is 412 g/mol. The molecule has 154 valence electrons. The molecular formula is C24H19F3O3. The maximum Gasteiger partial charge on any atom is 0.416 e. The molecule has 0 aliphatic heterocycles. The molecule has 1 N–H and O–H groups in total. The topological polar surface area (TPSA) is 38.7 Å². The number of ether oxygens (including phenoxy) is 2. The van der Waals surface area contributed by atoms with Gasteiger partial charge in [-0.3, -0.25) is 0 Å². The number of aliphatic hydroxyl groups excluding tert-OH is 1. The van der Waals surface area contributed by atoms with Gasteiger partial charge in [-0.15, -0.1) is 0 Å². The largest absolute Gasteiger partial charge is 0.508 e. The average Bonchev–Trinajstić information content (AvgIpc) is 2.72. The summed E-state index contributed by atoms with van der Waals surface area (Å²) in [5, 5.41) is 9.52. The van der Waals surface area contributed by atoms with Gasteiger partial charge in [0.2, 0.25) is 0 Å². The van der Waals surface area contributed by atoms with Crippen LogP contribution in [0.1, 0.15) is 16.7 Å². The Morgan fingerprint density at radius 3 is 2.30 bits per heavy atom. The van der Waals surface area contributed by atoms with Gasteiger partial charge in [0.25, 0.3) is 0 Å². The van der Waals surface area contributed by atoms with Crippen molar-refractivity contribution in [2.75, 3.05) is 6.61 Å². The molecule has 3 rings (SSSR count). The van der Waals surface area contributed by atoms with Crippen molar-refractivity contribution in [1.29, 1.82) is 0 Å². The molecular weight excluding hydrogens is 393 g/mol. The molecule has 0 amide bonds. The van der Waals surface area contributed by atoms with Gasteiger partial charge in [0.15, 0.2) is 11.5 Å². The van der Waals surface area contributed by atoms with Crippen molar-refractivity contribution in [3.05, 3.63) is 102 Å². The Bertz CT molecular complexity index is 1040. The van der Waals surface area contributed by atoms with Gasteiger partial charge in [0.1, 0.15) is 18.1 Å². The number of hydrogen-bond acceptors (Lipinski definition) is 3. The number of halogens is 3. The molecule has 0 saturated carbocycles. The predicted molar refractivity (Wildman–Crippen MR) is 111 cm³/mol. The molecule has 0 bridgehead atoms. The summed E-state index contributed by atoms with van der Waals surface area (Å²) in [4.78, 5) is 0. The summed E-state index contributed by atoms with van der Waals surface area (Å²) in [5.41, 5.74) is 0.498. The zero-order valence-corrected chi connectivity index (χ0v) is 15.9. The summed E-state index contributed by atoms with van der Waals surface area (Å²) in [6.07, 6.45) is -0.964. The zero-order chi connectivity index (χ0) is 21.6. The van der Waals surface area contributed by atoms with Crippen molar-refractivity contribution in [2.24, 2.45) is 0 Å². The molecule has 0 saturated heterocycles. The Balaban J connectivity index is 1.63. The molecule has 0 radical (unpaired) electrons. The van der Waals surface area contributed by atoms with E-state index in [-0.39, 0.29) is 12.4 Å². The van der Waals surface area contributed by atoms with Crippen molar-refractivity contribution < 1.29 is 27.8 Å². The lowest BCUT2D eigenvalue weighted by molar-refractivity contribution is -0.137. The smallest absolute Gasteiger partial charge is 0.416 e. The van der Waals surface area contributed by atoms with Crippen LogP contribution in [-0.4, -0.2) is 11.7 Å². The molecule has 3 nitrogen and oxygen atoms in total. The van der Waals surface area contributed by atoms with E-state index < -0.39 is 11.7 Å². The molecule has 0 aliphatic rings. The van der Waals surface area contributed by atoms with E-state index in [9.17, 15) is 18.3 Å². The molecule has 0 aliphatic carbocycles. The molecule has 0 aromatic heterocycles. The summed E-state index contributed by atoms with van der Waals surface area (Å²) < 4.78 is 49.4. The fourth-order valence-electron chi connectivity index (χ4n) is 2.63. The Hall–Kier alpha value is -3.67. The molecule has 0 fully saturated rings. The second kappa shape index (κ2) is 9.22. The van der Waals surface area contributed by atoms with Crippen molar-refractivity contribution in [1.82, 2.24) is 0 Å². The number of rotatable bonds is 7. The maximum atomic E-state index is 12.6. The molecule has 0 spiro atoms. The first-order valence-corrected chi connectivity index (χ1v) is 9.05. The first kappa shape index (κ1) is 21.0. The van der Waals surface area contributed by atoms with E-state index in [4.69, 9.17) is 9.47 Å². The predicted octanol–water partition coefficient (Wildman–Crippen LogP) is 7.12. The Kier molecular flexibility index (Phi) is 6.47. The van der Waals surface area contributed by atoms with Crippen LogP contribution in [-0.2, 0) is 6.18 Å². The number of hydrogen-bond donors (Lipinski definition) is 1. The lowest BCUT2D eigenvalue weighted by atomic mass is 10.1. The summed E-state index contributed by atoms with van der Waals surface area (Å²) in [5.74, 6) is 1.45. The summed E-state index contributed by atoms with van der Waals surface area (Å²) in [7, 11) is 0. The third kappa shape index (κ3) is 5.67. The zero-order valence-electron chi connectivity index (χ0n) is 15.9. The van der Waals surface area contributed by atoms with E-state index >= 15 is 0 Å². The van der Waals surface area contributed by atoms with E-state index in [1.165, 1.54) is 12.1 Å². The molecule has 3 aromatic carbocycles. The Morgan fingerprint density at radius 2 is 1.63 bits per heavy atom. The van der Waals surface area contributed by atoms with Gasteiger partial charge >= 0.3 is 6.18 Å². The highest BCUT2D eigenvalue weighted by Crippen LogP contribution is 2.32. The van der Waals surface area contributed by atoms with Crippen LogP contribution in [0.15, 0.2) is 85.5 Å². The van der Waals surface area contributed by atoms with Crippen LogP contribution in [0, 0.1) is 0 Å². The summed E-state index contributed by atoms with van der Waals surface area (Å²) in [6, 6.07) is 18.8. The fraction of sp³-hybridized carbons (Fsp3) is 0.0833. The van der Waals surface area contributed by atoms with Crippen molar-refractivity contribution in [3.8, 4) is 17.2 Å². The molecule has 0 atom stereocenters. The number of para-hydroxylation sites is 2. The van der Waals surface area contributed by atoms with Crippen LogP contribution in [0.3, 0.4) is 0 Å². The standard InChI is InChI=1S/C24H19F3O3/c1-17(28)19-7-4-8-21(16-19)30-23-10-3-2-9-22(23)29-15-5-6-18-11-13-20(14-12-18)24(25,26)27/h2-14,16,28H,1,15H2/b6-5+. The SMILES string of the molecule is C=C(O)c1cccc(Oc2ccccc2OC/C=C/c2ccc(C(F)(F)F)cc2)c1. The van der Waals surface area contributed by atoms with Crippen LogP contribution in [0.2, 0.25) is 0 Å². The first-order valence-electron chi connectivity index (χ1n) is 9.05. The Labute approximate surface area is 172 Å². The number of benzene rings is 3. The summed E-state index contributed by atoms with van der Waals surface area (Å²) >= 11 is 0. The third-order valence-corrected chi connectivity index (χ3v) is 4.13. The number of alkyl halides is 3. The van der Waals surface area contributed by atoms with Gasteiger partial charge in [-0.25, -0.2) is 0 Å². The Morgan fingerprint density at radius 1 is 0.933 bits per heavy atom. The minimum absolute atomic E-state index is 0.0570. The van der Waals surface area contributed by atoms with Gasteiger partial charge in [-0.2, -0.15) is 13.2 Å². The van der Waals surface area contributed by atoms with E-state index in [1.54, 1.807) is 60.7 Å². The van der Waals surface area contributed by atoms with Gasteiger partial charge in [-0.1, -0.05) is 49.1 Å². The van der Waals surface area contributed by atoms with Crippen LogP contribution in [0.4, 0.5) is 13.2 Å². The highest BCUT2D eigenvalue weighted by atomic mass is 19.4. The highest BCUT2D eigenvalue weighted by molar-refractivity contribution is 5.58. The van der Waals surface area contributed by atoms with Crippen LogP contribution in [0.5, 0.6) is 17.2 Å². The second-order valence-corrected chi connectivity index (χ2v) is 6.36. The van der Waals surface area contributed by atoms with E-state index in [1.807, 2.05) is 0 Å². The van der Waals surface area contributed by atoms with Gasteiger partial charge in [0.05, 0.1) is 5.56 Å². The first-order chi connectivity index (χ1) is 14.3. The van der Waals surface area contributed by atoms with E-state index in [0.717, 1.165) is 12.1 Å². The molecule has 30 heavy (non-hydrogen) atoms. The van der Waals surface area contributed by atoms with Gasteiger partial charge in [0, 0.05) is 5.56 Å². The van der Waals surface area contributed by atoms with E-state index in [0.29, 0.717) is 28.4 Å². The maximum absolute atomic E-state index is 12.6. The summed E-state index contributed by atoms with van der Waals surface area (Å²) in [6.45, 7) is 3.70. The molecule has 0 unspecified atom stereocenters. The van der Waals surface area contributed by atoms with Crippen LogP contribution < -0.4 is 9.47 Å². The van der Waals surface area contributed by atoms with Gasteiger partial charge in [-0.05, 0) is 48.0 Å². The molecule has 0 heterocycles. The van der Waals surface area contributed by atoms with Gasteiger partial charge < -0.3 is 14.6 Å².